The van der Waals surface area contributed by atoms with Gasteiger partial charge in [-0.3, -0.25) is 14.2 Å². The van der Waals surface area contributed by atoms with Crippen molar-refractivity contribution in [3.8, 4) is 0 Å². The topological polar surface area (TPSA) is 93.6 Å². The number of fused-ring (bicyclic) bond motifs is 3. The van der Waals surface area contributed by atoms with Crippen LogP contribution in [0.15, 0.2) is 29.1 Å². The molecule has 1 N–H and O–H groups in total. The first-order valence-corrected chi connectivity index (χ1v) is 11.6. The Morgan fingerprint density at radius 2 is 1.78 bits per heavy atom. The number of hydrogen-bond acceptors (Lipinski definition) is 4. The Labute approximate surface area is 187 Å². The molecule has 0 unspecified atom stereocenters. The van der Waals surface area contributed by atoms with Gasteiger partial charge < -0.3 is 10.2 Å². The number of benzene rings is 1. The van der Waals surface area contributed by atoms with Gasteiger partial charge >= 0.3 is 5.69 Å². The summed E-state index contributed by atoms with van der Waals surface area (Å²) < 4.78 is 4.44. The van der Waals surface area contributed by atoms with Crippen LogP contribution < -0.4 is 11.0 Å². The standard InChI is InChI=1S/C23H32N6O3/c1-4-26(5-2)21(31)15-28-23(32)29-19-13-9-8-12-18(19)27(22(29)25-28)14-20(30)24-17-11-7-6-10-16(17)3/h8-9,12-13,16-17H,4-7,10-11,14-15H2,1-3H3,(H,24,30)/t16-,17+/m1/s1. The molecule has 32 heavy (non-hydrogen) atoms. The predicted molar refractivity (Wildman–Crippen MR) is 122 cm³/mol. The van der Waals surface area contributed by atoms with Crippen LogP contribution in [-0.2, 0) is 22.7 Å². The maximum Gasteiger partial charge on any atom is 0.352 e. The number of likely N-dealkylation sites (N-methyl/N-ethyl adjacent to an activating group) is 1. The van der Waals surface area contributed by atoms with Crippen molar-refractivity contribution < 1.29 is 9.59 Å². The van der Waals surface area contributed by atoms with E-state index in [1.165, 1.54) is 15.5 Å². The van der Waals surface area contributed by atoms with Crippen molar-refractivity contribution in [3.05, 3.63) is 34.7 Å². The third-order valence-corrected chi connectivity index (χ3v) is 6.64. The normalized spacial score (nSPS) is 18.8. The van der Waals surface area contributed by atoms with Crippen molar-refractivity contribution in [3.63, 3.8) is 0 Å². The quantitative estimate of drug-likeness (QED) is 0.608. The molecule has 0 spiro atoms. The first kappa shape index (κ1) is 22.1. The molecule has 2 aromatic heterocycles. The van der Waals surface area contributed by atoms with E-state index in [0.717, 1.165) is 24.8 Å². The Morgan fingerprint density at radius 3 is 2.47 bits per heavy atom. The van der Waals surface area contributed by atoms with Crippen molar-refractivity contribution in [2.24, 2.45) is 5.92 Å². The molecule has 9 heteroatoms. The minimum absolute atomic E-state index is 0.0701. The van der Waals surface area contributed by atoms with Crippen LogP contribution >= 0.6 is 0 Å². The molecule has 1 aliphatic carbocycles. The summed E-state index contributed by atoms with van der Waals surface area (Å²) in [6, 6.07) is 7.62. The number of imidazole rings is 1. The van der Waals surface area contributed by atoms with Gasteiger partial charge in [-0.2, -0.15) is 0 Å². The molecule has 0 aliphatic heterocycles. The van der Waals surface area contributed by atoms with Crippen LogP contribution in [0.25, 0.3) is 16.8 Å². The third-order valence-electron chi connectivity index (χ3n) is 6.64. The number of nitrogens with one attached hydrogen (secondary N) is 1. The number of nitrogens with zero attached hydrogens (tertiary/aromatic N) is 5. The van der Waals surface area contributed by atoms with Gasteiger partial charge in [-0.1, -0.05) is 31.9 Å². The van der Waals surface area contributed by atoms with Crippen LogP contribution in [0.5, 0.6) is 0 Å². The van der Waals surface area contributed by atoms with Crippen LogP contribution in [0.3, 0.4) is 0 Å². The highest BCUT2D eigenvalue weighted by molar-refractivity contribution is 5.84. The summed E-state index contributed by atoms with van der Waals surface area (Å²) in [5.74, 6) is 0.586. The zero-order chi connectivity index (χ0) is 22.8. The Balaban J connectivity index is 1.67. The Morgan fingerprint density at radius 1 is 1.09 bits per heavy atom. The highest BCUT2D eigenvalue weighted by Crippen LogP contribution is 2.24. The van der Waals surface area contributed by atoms with Crippen molar-refractivity contribution in [2.45, 2.75) is 65.6 Å². The number of aromatic nitrogens is 4. The lowest BCUT2D eigenvalue weighted by atomic mass is 9.86. The van der Waals surface area contributed by atoms with E-state index in [1.807, 2.05) is 38.1 Å². The SMILES string of the molecule is CCN(CC)C(=O)Cn1nc2n(CC(=O)N[C@H]3CCCC[C@H]3C)c3ccccc3n2c1=O. The molecule has 4 rings (SSSR count). The highest BCUT2D eigenvalue weighted by Gasteiger charge is 2.25. The molecule has 1 saturated carbocycles. The second-order valence-corrected chi connectivity index (χ2v) is 8.65. The van der Waals surface area contributed by atoms with E-state index in [4.69, 9.17) is 0 Å². The molecule has 9 nitrogen and oxygen atoms in total. The lowest BCUT2D eigenvalue weighted by Gasteiger charge is -2.29. The van der Waals surface area contributed by atoms with E-state index in [2.05, 4.69) is 17.3 Å². The molecule has 0 radical (unpaired) electrons. The monoisotopic (exact) mass is 440 g/mol. The van der Waals surface area contributed by atoms with Crippen LogP contribution in [0.4, 0.5) is 0 Å². The zero-order valence-corrected chi connectivity index (χ0v) is 19.1. The lowest BCUT2D eigenvalue weighted by Crippen LogP contribution is -2.42. The Kier molecular flexibility index (Phi) is 6.34. The minimum Gasteiger partial charge on any atom is -0.352 e. The van der Waals surface area contributed by atoms with Crippen molar-refractivity contribution in [1.82, 2.24) is 29.0 Å². The van der Waals surface area contributed by atoms with Crippen LogP contribution in [0.1, 0.15) is 46.5 Å². The highest BCUT2D eigenvalue weighted by atomic mass is 16.2. The maximum atomic E-state index is 13.1. The van der Waals surface area contributed by atoms with E-state index in [1.54, 1.807) is 9.47 Å². The van der Waals surface area contributed by atoms with E-state index >= 15 is 0 Å². The van der Waals surface area contributed by atoms with E-state index in [-0.39, 0.29) is 36.6 Å². The number of rotatable bonds is 7. The molecule has 2 amide bonds. The zero-order valence-electron chi connectivity index (χ0n) is 19.1. The number of amides is 2. The molecule has 2 heterocycles. The molecule has 1 aliphatic rings. The van der Waals surface area contributed by atoms with Gasteiger partial charge in [0.25, 0.3) is 0 Å². The van der Waals surface area contributed by atoms with Crippen molar-refractivity contribution in [2.75, 3.05) is 13.1 Å². The summed E-state index contributed by atoms with van der Waals surface area (Å²) in [6.45, 7) is 7.09. The third kappa shape index (κ3) is 4.03. The van der Waals surface area contributed by atoms with Gasteiger partial charge in [-0.25, -0.2) is 13.9 Å². The lowest BCUT2D eigenvalue weighted by molar-refractivity contribution is -0.131. The molecule has 1 aromatic carbocycles. The summed E-state index contributed by atoms with van der Waals surface area (Å²) in [7, 11) is 0. The summed E-state index contributed by atoms with van der Waals surface area (Å²) in [5, 5.41) is 7.64. The van der Waals surface area contributed by atoms with Gasteiger partial charge in [-0.05, 0) is 44.7 Å². The van der Waals surface area contributed by atoms with Crippen LogP contribution in [0.2, 0.25) is 0 Å². The molecule has 1 fully saturated rings. The van der Waals surface area contributed by atoms with E-state index in [0.29, 0.717) is 30.3 Å². The number of carbonyl (C=O) groups excluding carboxylic acids is 2. The Bertz CT molecular complexity index is 1190. The second-order valence-electron chi connectivity index (χ2n) is 8.65. The van der Waals surface area contributed by atoms with Gasteiger partial charge in [-0.15, -0.1) is 5.10 Å². The summed E-state index contributed by atoms with van der Waals surface area (Å²) in [4.78, 5) is 40.3. The number of hydrogen-bond donors (Lipinski definition) is 1. The van der Waals surface area contributed by atoms with Crippen LogP contribution in [-0.4, -0.2) is 54.6 Å². The molecular weight excluding hydrogens is 408 g/mol. The summed E-state index contributed by atoms with van der Waals surface area (Å²) in [5.41, 5.74) is 1.06. The number of carbonyl (C=O) groups is 2. The van der Waals surface area contributed by atoms with Crippen molar-refractivity contribution in [1.29, 1.82) is 0 Å². The van der Waals surface area contributed by atoms with Gasteiger partial charge in [0.15, 0.2) is 0 Å². The largest absolute Gasteiger partial charge is 0.352 e. The molecule has 0 bridgehead atoms. The minimum atomic E-state index is -0.378. The predicted octanol–water partition coefficient (Wildman–Crippen LogP) is 2.01. The molecule has 3 aromatic rings. The summed E-state index contributed by atoms with van der Waals surface area (Å²) >= 11 is 0. The first-order chi connectivity index (χ1) is 15.4. The maximum absolute atomic E-state index is 13.1. The second kappa shape index (κ2) is 9.18. The van der Waals surface area contributed by atoms with E-state index in [9.17, 15) is 14.4 Å². The van der Waals surface area contributed by atoms with Gasteiger partial charge in [0.1, 0.15) is 13.1 Å². The van der Waals surface area contributed by atoms with Gasteiger partial charge in [0, 0.05) is 19.1 Å². The molecule has 0 saturated heterocycles. The fourth-order valence-corrected chi connectivity index (χ4v) is 4.76. The smallest absolute Gasteiger partial charge is 0.352 e. The van der Waals surface area contributed by atoms with Crippen molar-refractivity contribution >= 4 is 28.6 Å². The molecule has 172 valence electrons. The number of para-hydroxylation sites is 2. The average Bonchev–Trinajstić information content (AvgIpc) is 3.25. The first-order valence-electron chi connectivity index (χ1n) is 11.6. The molecular formula is C23H32N6O3. The van der Waals surface area contributed by atoms with Gasteiger partial charge in [0.2, 0.25) is 17.6 Å². The Hall–Kier alpha value is -3.10. The van der Waals surface area contributed by atoms with Crippen LogP contribution in [0, 0.1) is 5.92 Å². The fourth-order valence-electron chi connectivity index (χ4n) is 4.76. The molecule has 2 atom stereocenters. The summed E-state index contributed by atoms with van der Waals surface area (Å²) in [6.07, 6.45) is 4.47. The van der Waals surface area contributed by atoms with Gasteiger partial charge in [0.05, 0.1) is 11.0 Å². The van der Waals surface area contributed by atoms with E-state index < -0.39 is 0 Å². The fraction of sp³-hybridized carbons (Fsp3) is 0.565. The average molecular weight is 441 g/mol.